The molecule has 0 saturated carbocycles. The quantitative estimate of drug-likeness (QED) is 0.824. The second kappa shape index (κ2) is 6.78. The summed E-state index contributed by atoms with van der Waals surface area (Å²) < 4.78 is 24.0. The van der Waals surface area contributed by atoms with Gasteiger partial charge in [-0.2, -0.15) is 0 Å². The number of anilines is 1. The zero-order valence-corrected chi connectivity index (χ0v) is 12.3. The first kappa shape index (κ1) is 15.0. The maximum absolute atomic E-state index is 12.0. The van der Waals surface area contributed by atoms with Crippen LogP contribution in [0.2, 0.25) is 0 Å². The summed E-state index contributed by atoms with van der Waals surface area (Å²) in [5, 5.41) is 3.31. The molecule has 1 unspecified atom stereocenters. The van der Waals surface area contributed by atoms with Crippen LogP contribution >= 0.6 is 0 Å². The Kier molecular flexibility index (Phi) is 5.66. The summed E-state index contributed by atoms with van der Waals surface area (Å²) in [6, 6.07) is 7.44. The molecule has 1 atom stereocenters. The molecule has 0 heterocycles. The molecule has 0 radical (unpaired) electrons. The van der Waals surface area contributed by atoms with Gasteiger partial charge in [-0.15, -0.1) is 0 Å². The monoisotopic (exact) mass is 269 g/mol. The van der Waals surface area contributed by atoms with Crippen LogP contribution in [-0.4, -0.2) is 20.2 Å². The molecular formula is C14H23NO2S. The zero-order chi connectivity index (χ0) is 13.6. The van der Waals surface area contributed by atoms with Gasteiger partial charge >= 0.3 is 0 Å². The number of hydrogen-bond acceptors (Lipinski definition) is 3. The molecule has 4 heteroatoms. The predicted molar refractivity (Wildman–Crippen MR) is 76.8 cm³/mol. The Hall–Kier alpha value is -1.03. The number of hydrogen-bond donors (Lipinski definition) is 1. The van der Waals surface area contributed by atoms with Gasteiger partial charge in [-0.3, -0.25) is 0 Å². The average molecular weight is 269 g/mol. The van der Waals surface area contributed by atoms with E-state index >= 15 is 0 Å². The van der Waals surface area contributed by atoms with Crippen LogP contribution in [0.5, 0.6) is 0 Å². The molecule has 1 aromatic carbocycles. The van der Waals surface area contributed by atoms with Gasteiger partial charge in [0.1, 0.15) is 0 Å². The van der Waals surface area contributed by atoms with Gasteiger partial charge in [-0.05, 0) is 25.5 Å². The van der Waals surface area contributed by atoms with Crippen LogP contribution in [0.3, 0.4) is 0 Å². The van der Waals surface area contributed by atoms with E-state index < -0.39 is 9.84 Å². The van der Waals surface area contributed by atoms with Gasteiger partial charge in [0.2, 0.25) is 0 Å². The van der Waals surface area contributed by atoms with Crippen molar-refractivity contribution in [2.45, 2.75) is 51.0 Å². The van der Waals surface area contributed by atoms with Gasteiger partial charge in [0.15, 0.2) is 9.84 Å². The Morgan fingerprint density at radius 3 is 2.50 bits per heavy atom. The van der Waals surface area contributed by atoms with Crippen LogP contribution in [-0.2, 0) is 9.84 Å². The fourth-order valence-electron chi connectivity index (χ4n) is 1.86. The van der Waals surface area contributed by atoms with Crippen LogP contribution in [0, 0.1) is 0 Å². The highest BCUT2D eigenvalue weighted by molar-refractivity contribution is 7.91. The van der Waals surface area contributed by atoms with Gasteiger partial charge in [0.25, 0.3) is 0 Å². The van der Waals surface area contributed by atoms with E-state index in [1.165, 1.54) is 0 Å². The van der Waals surface area contributed by atoms with Crippen molar-refractivity contribution in [1.82, 2.24) is 0 Å². The minimum atomic E-state index is -3.16. The molecule has 102 valence electrons. The topological polar surface area (TPSA) is 46.2 Å². The van der Waals surface area contributed by atoms with Crippen LogP contribution in [0.4, 0.5) is 5.69 Å². The second-order valence-corrected chi connectivity index (χ2v) is 6.83. The summed E-state index contributed by atoms with van der Waals surface area (Å²) in [4.78, 5) is 0.413. The van der Waals surface area contributed by atoms with Crippen LogP contribution in [0.1, 0.15) is 40.0 Å². The standard InChI is InChI=1S/C14H23NO2S/c1-4-6-9-12(3)15-13-10-7-8-11-14(13)18(16,17)5-2/h7-8,10-12,15H,4-6,9H2,1-3H3. The highest BCUT2D eigenvalue weighted by Crippen LogP contribution is 2.23. The molecular weight excluding hydrogens is 246 g/mol. The van der Waals surface area contributed by atoms with Crippen molar-refractivity contribution in [3.63, 3.8) is 0 Å². The average Bonchev–Trinajstić information content (AvgIpc) is 2.37. The molecule has 0 fully saturated rings. The molecule has 1 aromatic rings. The van der Waals surface area contributed by atoms with E-state index in [9.17, 15) is 8.42 Å². The minimum absolute atomic E-state index is 0.134. The summed E-state index contributed by atoms with van der Waals surface area (Å²) >= 11 is 0. The van der Waals surface area contributed by atoms with Crippen molar-refractivity contribution in [3.8, 4) is 0 Å². The van der Waals surface area contributed by atoms with Crippen molar-refractivity contribution < 1.29 is 8.42 Å². The predicted octanol–water partition coefficient (Wildman–Crippen LogP) is 3.47. The lowest BCUT2D eigenvalue weighted by Gasteiger charge is -2.17. The highest BCUT2D eigenvalue weighted by Gasteiger charge is 2.16. The fraction of sp³-hybridized carbons (Fsp3) is 0.571. The third-order valence-electron chi connectivity index (χ3n) is 2.99. The number of nitrogens with one attached hydrogen (secondary N) is 1. The smallest absolute Gasteiger partial charge is 0.180 e. The summed E-state index contributed by atoms with van der Waals surface area (Å²) in [6.07, 6.45) is 3.36. The SMILES string of the molecule is CCCCC(C)Nc1ccccc1S(=O)(=O)CC. The number of sulfone groups is 1. The molecule has 0 amide bonds. The lowest BCUT2D eigenvalue weighted by Crippen LogP contribution is -2.17. The van der Waals surface area contributed by atoms with Crippen molar-refractivity contribution in [3.05, 3.63) is 24.3 Å². The zero-order valence-electron chi connectivity index (χ0n) is 11.4. The lowest BCUT2D eigenvalue weighted by molar-refractivity contribution is 0.596. The van der Waals surface area contributed by atoms with E-state index in [1.54, 1.807) is 19.1 Å². The van der Waals surface area contributed by atoms with Gasteiger partial charge < -0.3 is 5.32 Å². The Bertz CT molecular complexity index is 468. The first-order chi connectivity index (χ1) is 8.51. The van der Waals surface area contributed by atoms with Crippen molar-refractivity contribution in [1.29, 1.82) is 0 Å². The van der Waals surface area contributed by atoms with E-state index in [0.29, 0.717) is 4.90 Å². The Labute approximate surface area is 111 Å². The van der Waals surface area contributed by atoms with Crippen LogP contribution in [0.15, 0.2) is 29.2 Å². The Morgan fingerprint density at radius 1 is 1.22 bits per heavy atom. The molecule has 3 nitrogen and oxygen atoms in total. The van der Waals surface area contributed by atoms with E-state index in [4.69, 9.17) is 0 Å². The number of unbranched alkanes of at least 4 members (excludes halogenated alkanes) is 1. The summed E-state index contributed by atoms with van der Waals surface area (Å²) in [5.74, 6) is 0.134. The highest BCUT2D eigenvalue weighted by atomic mass is 32.2. The number of benzene rings is 1. The molecule has 0 aromatic heterocycles. The maximum Gasteiger partial charge on any atom is 0.180 e. The largest absolute Gasteiger partial charge is 0.382 e. The molecule has 0 saturated heterocycles. The van der Waals surface area contributed by atoms with E-state index in [-0.39, 0.29) is 11.8 Å². The first-order valence-electron chi connectivity index (χ1n) is 6.59. The van der Waals surface area contributed by atoms with Gasteiger partial charge in [0.05, 0.1) is 16.3 Å². The maximum atomic E-state index is 12.0. The molecule has 1 rings (SSSR count). The number of rotatable bonds is 7. The number of para-hydroxylation sites is 1. The minimum Gasteiger partial charge on any atom is -0.382 e. The van der Waals surface area contributed by atoms with E-state index in [2.05, 4.69) is 19.2 Å². The fourth-order valence-corrected chi connectivity index (χ4v) is 2.92. The summed E-state index contributed by atoms with van der Waals surface area (Å²) in [6.45, 7) is 5.92. The second-order valence-electron chi connectivity index (χ2n) is 4.59. The Morgan fingerprint density at radius 2 is 1.89 bits per heavy atom. The third kappa shape index (κ3) is 4.02. The molecule has 0 aliphatic heterocycles. The molecule has 18 heavy (non-hydrogen) atoms. The summed E-state index contributed by atoms with van der Waals surface area (Å²) in [5.41, 5.74) is 0.725. The van der Waals surface area contributed by atoms with Gasteiger partial charge in [0, 0.05) is 6.04 Å². The molecule has 0 aliphatic carbocycles. The third-order valence-corrected chi connectivity index (χ3v) is 4.78. The Balaban J connectivity index is 2.90. The van der Waals surface area contributed by atoms with Gasteiger partial charge in [-0.1, -0.05) is 38.8 Å². The van der Waals surface area contributed by atoms with Gasteiger partial charge in [-0.25, -0.2) is 8.42 Å². The molecule has 0 bridgehead atoms. The van der Waals surface area contributed by atoms with Crippen molar-refractivity contribution in [2.24, 2.45) is 0 Å². The van der Waals surface area contributed by atoms with Crippen molar-refractivity contribution >= 4 is 15.5 Å². The van der Waals surface area contributed by atoms with Crippen LogP contribution in [0.25, 0.3) is 0 Å². The molecule has 1 N–H and O–H groups in total. The van der Waals surface area contributed by atoms with Crippen molar-refractivity contribution in [2.75, 3.05) is 11.1 Å². The van der Waals surface area contributed by atoms with Crippen LogP contribution < -0.4 is 5.32 Å². The molecule has 0 spiro atoms. The lowest BCUT2D eigenvalue weighted by atomic mass is 10.1. The van der Waals surface area contributed by atoms with E-state index in [0.717, 1.165) is 24.9 Å². The molecule has 0 aliphatic rings. The summed E-state index contributed by atoms with van der Waals surface area (Å²) in [7, 11) is -3.16. The first-order valence-corrected chi connectivity index (χ1v) is 8.24. The normalized spacial score (nSPS) is 13.3. The van der Waals surface area contributed by atoms with E-state index in [1.807, 2.05) is 12.1 Å².